The number of hydrogen-bond donors (Lipinski definition) is 1. The van der Waals surface area contributed by atoms with E-state index in [1.165, 1.54) is 0 Å². The second-order valence-corrected chi connectivity index (χ2v) is 6.90. The van der Waals surface area contributed by atoms with Gasteiger partial charge in [0.1, 0.15) is 12.9 Å². The van der Waals surface area contributed by atoms with Crippen molar-refractivity contribution in [1.29, 1.82) is 0 Å². The molecule has 2 aliphatic heterocycles. The van der Waals surface area contributed by atoms with Crippen LogP contribution >= 0.6 is 0 Å². The highest BCUT2D eigenvalue weighted by molar-refractivity contribution is 7.89. The number of sulfonamides is 1. The van der Waals surface area contributed by atoms with Gasteiger partial charge in [-0.1, -0.05) is 5.22 Å². The third kappa shape index (κ3) is 3.09. The average molecular weight is 370 g/mol. The highest BCUT2D eigenvalue weighted by Gasteiger charge is 2.39. The Morgan fingerprint density at radius 1 is 1.33 bits per heavy atom. The van der Waals surface area contributed by atoms with Crippen molar-refractivity contribution in [2.24, 2.45) is 10.3 Å². The number of fused-ring (bicyclic) bond motifs is 1. The van der Waals surface area contributed by atoms with E-state index in [1.807, 2.05) is 0 Å². The van der Waals surface area contributed by atoms with Gasteiger partial charge in [-0.25, -0.2) is 18.4 Å². The summed E-state index contributed by atoms with van der Waals surface area (Å²) in [5.74, 6) is -0.326. The standard InChI is InChI=1S/C10H13F3N6O4S/c11-10(12,13)5-19-9(20)18-6-14-8(7(18)15-16-19)24(21,22)17-1-3-23-4-2-17/h6,9,20H,1-5H2. The molecule has 1 N–H and O–H groups in total. The number of aliphatic hydroxyl groups is 1. The minimum Gasteiger partial charge on any atom is -0.379 e. The van der Waals surface area contributed by atoms with Gasteiger partial charge in [0.2, 0.25) is 17.2 Å². The van der Waals surface area contributed by atoms with E-state index in [9.17, 15) is 26.7 Å². The molecule has 3 rings (SSSR count). The van der Waals surface area contributed by atoms with Gasteiger partial charge in [0.05, 0.1) is 13.2 Å². The first kappa shape index (κ1) is 17.1. The third-order valence-corrected chi connectivity index (χ3v) is 5.22. The zero-order valence-corrected chi connectivity index (χ0v) is 12.9. The van der Waals surface area contributed by atoms with E-state index in [-0.39, 0.29) is 37.1 Å². The van der Waals surface area contributed by atoms with Crippen LogP contribution in [0.1, 0.15) is 6.35 Å². The molecule has 14 heteroatoms. The number of aliphatic hydroxyl groups excluding tert-OH is 1. The summed E-state index contributed by atoms with van der Waals surface area (Å²) in [4.78, 5) is 3.70. The number of rotatable bonds is 3. The predicted octanol–water partition coefficient (Wildman–Crippen LogP) is 0.229. The Balaban J connectivity index is 1.90. The Labute approximate surface area is 134 Å². The van der Waals surface area contributed by atoms with Crippen LogP contribution in [0, 0.1) is 0 Å². The number of alkyl halides is 3. The first-order valence-corrected chi connectivity index (χ1v) is 8.22. The highest BCUT2D eigenvalue weighted by atomic mass is 32.2. The fourth-order valence-corrected chi connectivity index (χ4v) is 3.71. The monoisotopic (exact) mass is 370 g/mol. The van der Waals surface area contributed by atoms with Crippen molar-refractivity contribution in [3.8, 4) is 0 Å². The summed E-state index contributed by atoms with van der Waals surface area (Å²) in [6.45, 7) is -0.860. The molecule has 0 aliphatic carbocycles. The average Bonchev–Trinajstić information content (AvgIpc) is 2.95. The predicted molar refractivity (Wildman–Crippen MR) is 70.3 cm³/mol. The molecule has 0 amide bonds. The van der Waals surface area contributed by atoms with Crippen LogP contribution in [0.4, 0.5) is 19.0 Å². The molecular formula is C10H13F3N6O4S. The molecule has 0 aromatic carbocycles. The molecule has 134 valence electrons. The summed E-state index contributed by atoms with van der Waals surface area (Å²) >= 11 is 0. The Hall–Kier alpha value is -1.77. The van der Waals surface area contributed by atoms with Crippen molar-refractivity contribution < 1.29 is 31.4 Å². The zero-order valence-electron chi connectivity index (χ0n) is 12.1. The normalized spacial score (nSPS) is 22.7. The molecule has 1 atom stereocenters. The maximum atomic E-state index is 12.6. The lowest BCUT2D eigenvalue weighted by atomic mass is 10.5. The smallest absolute Gasteiger partial charge is 0.379 e. The lowest BCUT2D eigenvalue weighted by Gasteiger charge is -2.29. The van der Waals surface area contributed by atoms with Gasteiger partial charge in [-0.05, 0) is 0 Å². The van der Waals surface area contributed by atoms with Gasteiger partial charge >= 0.3 is 6.18 Å². The lowest BCUT2D eigenvalue weighted by Crippen LogP contribution is -2.41. The summed E-state index contributed by atoms with van der Waals surface area (Å²) < 4.78 is 69.4. The van der Waals surface area contributed by atoms with Crippen LogP contribution < -0.4 is 0 Å². The fourth-order valence-electron chi connectivity index (χ4n) is 2.28. The van der Waals surface area contributed by atoms with Crippen LogP contribution in [0.25, 0.3) is 0 Å². The van der Waals surface area contributed by atoms with Gasteiger partial charge in [0, 0.05) is 13.1 Å². The summed E-state index contributed by atoms with van der Waals surface area (Å²) in [5, 5.41) is 16.5. The number of ether oxygens (including phenoxy) is 1. The molecule has 0 radical (unpaired) electrons. The largest absolute Gasteiger partial charge is 0.407 e. The van der Waals surface area contributed by atoms with E-state index >= 15 is 0 Å². The highest BCUT2D eigenvalue weighted by Crippen LogP contribution is 2.34. The molecule has 0 saturated carbocycles. The number of imidazole rings is 1. The van der Waals surface area contributed by atoms with Crippen molar-refractivity contribution >= 4 is 15.8 Å². The number of morpholine rings is 1. The number of aromatic nitrogens is 2. The van der Waals surface area contributed by atoms with E-state index in [0.717, 1.165) is 15.2 Å². The Kier molecular flexibility index (Phi) is 4.23. The Bertz CT molecular complexity index is 742. The Morgan fingerprint density at radius 2 is 2.00 bits per heavy atom. The molecule has 1 aromatic rings. The summed E-state index contributed by atoms with van der Waals surface area (Å²) in [6.07, 6.45) is -5.56. The topological polar surface area (TPSA) is 113 Å². The molecule has 1 saturated heterocycles. The van der Waals surface area contributed by atoms with E-state index < -0.39 is 34.1 Å². The second kappa shape index (κ2) is 5.94. The molecule has 24 heavy (non-hydrogen) atoms. The van der Waals surface area contributed by atoms with E-state index in [4.69, 9.17) is 4.74 Å². The molecule has 0 bridgehead atoms. The van der Waals surface area contributed by atoms with E-state index in [1.54, 1.807) is 0 Å². The number of hydrogen-bond acceptors (Lipinski definition) is 8. The molecule has 1 fully saturated rings. The van der Waals surface area contributed by atoms with Crippen LogP contribution in [0.3, 0.4) is 0 Å². The van der Waals surface area contributed by atoms with Crippen LogP contribution in [0.2, 0.25) is 0 Å². The lowest BCUT2D eigenvalue weighted by molar-refractivity contribution is -0.182. The van der Waals surface area contributed by atoms with Crippen LogP contribution in [-0.2, 0) is 14.8 Å². The Morgan fingerprint density at radius 3 is 2.62 bits per heavy atom. The van der Waals surface area contributed by atoms with Gasteiger partial charge in [-0.3, -0.25) is 4.57 Å². The van der Waals surface area contributed by atoms with Gasteiger partial charge in [-0.15, -0.1) is 5.11 Å². The maximum absolute atomic E-state index is 12.6. The molecule has 1 unspecified atom stereocenters. The molecule has 0 spiro atoms. The number of halogens is 3. The van der Waals surface area contributed by atoms with Crippen molar-refractivity contribution in [1.82, 2.24) is 18.9 Å². The number of nitrogens with zero attached hydrogens (tertiary/aromatic N) is 6. The van der Waals surface area contributed by atoms with Crippen LogP contribution in [0.15, 0.2) is 21.7 Å². The van der Waals surface area contributed by atoms with E-state index in [2.05, 4.69) is 15.3 Å². The zero-order chi connectivity index (χ0) is 17.5. The van der Waals surface area contributed by atoms with E-state index in [0.29, 0.717) is 0 Å². The van der Waals surface area contributed by atoms with Crippen molar-refractivity contribution in [2.75, 3.05) is 32.8 Å². The summed E-state index contributed by atoms with van der Waals surface area (Å²) in [5.41, 5.74) is 0. The van der Waals surface area contributed by atoms with Crippen LogP contribution in [-0.4, -0.2) is 71.4 Å². The van der Waals surface area contributed by atoms with Gasteiger partial charge < -0.3 is 9.84 Å². The van der Waals surface area contributed by atoms with Gasteiger partial charge in [-0.2, -0.15) is 17.5 Å². The maximum Gasteiger partial charge on any atom is 0.407 e. The summed E-state index contributed by atoms with van der Waals surface area (Å²) in [7, 11) is -4.02. The molecule has 1 aromatic heterocycles. The SMILES string of the molecule is O=S(=O)(c1ncn2c1N=NN(CC(F)(F)F)C2O)N1CCOCC1. The molecule has 3 heterocycles. The first-order chi connectivity index (χ1) is 11.2. The summed E-state index contributed by atoms with van der Waals surface area (Å²) in [6, 6.07) is 0. The first-order valence-electron chi connectivity index (χ1n) is 6.78. The third-order valence-electron chi connectivity index (χ3n) is 3.40. The van der Waals surface area contributed by atoms with Crippen molar-refractivity contribution in [3.05, 3.63) is 6.33 Å². The second-order valence-electron chi connectivity index (χ2n) is 5.05. The quantitative estimate of drug-likeness (QED) is 0.815. The molecule has 10 nitrogen and oxygen atoms in total. The van der Waals surface area contributed by atoms with Crippen molar-refractivity contribution in [2.45, 2.75) is 17.6 Å². The molecule has 2 aliphatic rings. The van der Waals surface area contributed by atoms with Crippen LogP contribution in [0.5, 0.6) is 0 Å². The van der Waals surface area contributed by atoms with Crippen molar-refractivity contribution in [3.63, 3.8) is 0 Å². The minimum atomic E-state index is -4.61. The van der Waals surface area contributed by atoms with Gasteiger partial charge in [0.25, 0.3) is 10.0 Å². The fraction of sp³-hybridized carbons (Fsp3) is 0.700. The minimum absolute atomic E-state index is 0.120. The van der Waals surface area contributed by atoms with Gasteiger partial charge in [0.15, 0.2) is 0 Å². The molecular weight excluding hydrogens is 357 g/mol.